The fourth-order valence-corrected chi connectivity index (χ4v) is 2.48. The number of rotatable bonds is 3. The summed E-state index contributed by atoms with van der Waals surface area (Å²) in [5, 5.41) is 5.26. The minimum absolute atomic E-state index is 0.114. The SMILES string of the molecule is CC(Nc1nc[nH]c(=O)c1I)c1cccs1. The van der Waals surface area contributed by atoms with Gasteiger partial charge >= 0.3 is 0 Å². The Morgan fingerprint density at radius 3 is 3.12 bits per heavy atom. The van der Waals surface area contributed by atoms with Crippen molar-refractivity contribution in [3.05, 3.63) is 42.6 Å². The molecule has 0 amide bonds. The highest BCUT2D eigenvalue weighted by Gasteiger charge is 2.10. The molecular weight excluding hydrogens is 337 g/mol. The lowest BCUT2D eigenvalue weighted by atomic mass is 10.3. The van der Waals surface area contributed by atoms with Crippen molar-refractivity contribution in [1.29, 1.82) is 0 Å². The second-order valence-electron chi connectivity index (χ2n) is 3.28. The normalized spacial score (nSPS) is 12.4. The van der Waals surface area contributed by atoms with Gasteiger partial charge in [-0.1, -0.05) is 6.07 Å². The summed E-state index contributed by atoms with van der Waals surface area (Å²) in [4.78, 5) is 19.2. The van der Waals surface area contributed by atoms with E-state index in [1.54, 1.807) is 11.3 Å². The lowest BCUT2D eigenvalue weighted by molar-refractivity contribution is 0.887. The van der Waals surface area contributed by atoms with Gasteiger partial charge in [-0.3, -0.25) is 4.79 Å². The number of nitrogens with one attached hydrogen (secondary N) is 2. The monoisotopic (exact) mass is 347 g/mol. The summed E-state index contributed by atoms with van der Waals surface area (Å²) in [6.45, 7) is 2.05. The van der Waals surface area contributed by atoms with Crippen LogP contribution in [0.3, 0.4) is 0 Å². The van der Waals surface area contributed by atoms with Crippen LogP contribution in [0.4, 0.5) is 5.82 Å². The molecule has 1 unspecified atom stereocenters. The first-order chi connectivity index (χ1) is 7.68. The van der Waals surface area contributed by atoms with E-state index in [0.29, 0.717) is 9.39 Å². The standard InChI is InChI=1S/C10H10IN3OS/c1-6(7-3-2-4-16-7)14-9-8(11)10(15)13-5-12-9/h2-6H,1H3,(H2,12,13,14,15). The van der Waals surface area contributed by atoms with Crippen LogP contribution < -0.4 is 10.9 Å². The molecule has 0 aliphatic carbocycles. The van der Waals surface area contributed by atoms with Gasteiger partial charge < -0.3 is 10.3 Å². The van der Waals surface area contributed by atoms with Gasteiger partial charge in [0.25, 0.3) is 5.56 Å². The van der Waals surface area contributed by atoms with E-state index in [-0.39, 0.29) is 11.6 Å². The maximum Gasteiger partial charge on any atom is 0.266 e. The summed E-state index contributed by atoms with van der Waals surface area (Å²) in [5.74, 6) is 0.630. The number of hydrogen-bond acceptors (Lipinski definition) is 4. The number of anilines is 1. The zero-order chi connectivity index (χ0) is 11.5. The molecular formula is C10H10IN3OS. The van der Waals surface area contributed by atoms with E-state index >= 15 is 0 Å². The highest BCUT2D eigenvalue weighted by Crippen LogP contribution is 2.23. The van der Waals surface area contributed by atoms with E-state index in [2.05, 4.69) is 21.4 Å². The Balaban J connectivity index is 2.21. The van der Waals surface area contributed by atoms with Gasteiger partial charge in [-0.15, -0.1) is 11.3 Å². The maximum atomic E-state index is 11.4. The molecule has 0 aromatic carbocycles. The van der Waals surface area contributed by atoms with Crippen LogP contribution in [0.2, 0.25) is 0 Å². The zero-order valence-electron chi connectivity index (χ0n) is 8.53. The number of nitrogens with zero attached hydrogens (tertiary/aromatic N) is 1. The summed E-state index contributed by atoms with van der Waals surface area (Å²) in [6.07, 6.45) is 1.41. The van der Waals surface area contributed by atoms with Gasteiger partial charge in [0.15, 0.2) is 0 Å². The molecule has 4 nitrogen and oxygen atoms in total. The molecule has 0 saturated heterocycles. The highest BCUT2D eigenvalue weighted by atomic mass is 127. The smallest absolute Gasteiger partial charge is 0.266 e. The maximum absolute atomic E-state index is 11.4. The first-order valence-electron chi connectivity index (χ1n) is 4.71. The van der Waals surface area contributed by atoms with Gasteiger partial charge in [0.05, 0.1) is 12.4 Å². The Morgan fingerprint density at radius 1 is 1.62 bits per heavy atom. The van der Waals surface area contributed by atoms with Crippen molar-refractivity contribution in [3.8, 4) is 0 Å². The Hall–Kier alpha value is -0.890. The van der Waals surface area contributed by atoms with E-state index < -0.39 is 0 Å². The number of halogens is 1. The molecule has 2 aromatic rings. The molecule has 6 heteroatoms. The van der Waals surface area contributed by atoms with Crippen LogP contribution in [0.25, 0.3) is 0 Å². The second kappa shape index (κ2) is 4.96. The van der Waals surface area contributed by atoms with Crippen molar-refractivity contribution >= 4 is 39.7 Å². The summed E-state index contributed by atoms with van der Waals surface area (Å²) < 4.78 is 0.587. The minimum Gasteiger partial charge on any atom is -0.362 e. The minimum atomic E-state index is -0.114. The molecule has 16 heavy (non-hydrogen) atoms. The summed E-state index contributed by atoms with van der Waals surface area (Å²) >= 11 is 3.67. The lowest BCUT2D eigenvalue weighted by Crippen LogP contribution is -2.16. The third kappa shape index (κ3) is 2.43. The Morgan fingerprint density at radius 2 is 2.44 bits per heavy atom. The molecule has 2 N–H and O–H groups in total. The first-order valence-corrected chi connectivity index (χ1v) is 6.67. The van der Waals surface area contributed by atoms with Crippen LogP contribution in [0.5, 0.6) is 0 Å². The molecule has 0 fully saturated rings. The first kappa shape index (κ1) is 11.6. The second-order valence-corrected chi connectivity index (χ2v) is 5.33. The number of aromatic nitrogens is 2. The number of H-pyrrole nitrogens is 1. The Labute approximate surface area is 110 Å². The van der Waals surface area contributed by atoms with Crippen LogP contribution >= 0.6 is 33.9 Å². The Kier molecular flexibility index (Phi) is 3.59. The quantitative estimate of drug-likeness (QED) is 0.840. The van der Waals surface area contributed by atoms with Crippen LogP contribution in [0.1, 0.15) is 17.8 Å². The molecule has 0 aliphatic rings. The van der Waals surface area contributed by atoms with Crippen molar-refractivity contribution in [3.63, 3.8) is 0 Å². The van der Waals surface area contributed by atoms with E-state index in [1.165, 1.54) is 11.2 Å². The summed E-state index contributed by atoms with van der Waals surface area (Å²) in [5.41, 5.74) is -0.114. The molecule has 84 valence electrons. The van der Waals surface area contributed by atoms with Crippen molar-refractivity contribution < 1.29 is 0 Å². The van der Waals surface area contributed by atoms with E-state index in [0.717, 1.165) is 0 Å². The molecule has 0 bridgehead atoms. The van der Waals surface area contributed by atoms with Crippen LogP contribution in [0.15, 0.2) is 28.6 Å². The molecule has 2 rings (SSSR count). The molecule has 0 aliphatic heterocycles. The number of thiophene rings is 1. The van der Waals surface area contributed by atoms with E-state index in [9.17, 15) is 4.79 Å². The highest BCUT2D eigenvalue weighted by molar-refractivity contribution is 14.1. The van der Waals surface area contributed by atoms with Crippen LogP contribution in [0, 0.1) is 3.57 Å². The third-order valence-electron chi connectivity index (χ3n) is 2.12. The molecule has 0 radical (unpaired) electrons. The van der Waals surface area contributed by atoms with Crippen molar-refractivity contribution in [2.75, 3.05) is 5.32 Å². The van der Waals surface area contributed by atoms with Gasteiger partial charge in [0, 0.05) is 4.88 Å². The fraction of sp³-hybridized carbons (Fsp3) is 0.200. The molecule has 0 spiro atoms. The predicted molar refractivity (Wildman–Crippen MR) is 73.9 cm³/mol. The number of aromatic amines is 1. The zero-order valence-corrected chi connectivity index (χ0v) is 11.5. The molecule has 2 heterocycles. The Bertz CT molecular complexity index is 523. The van der Waals surface area contributed by atoms with Gasteiger partial charge in [-0.2, -0.15) is 0 Å². The average molecular weight is 347 g/mol. The van der Waals surface area contributed by atoms with Gasteiger partial charge in [0.1, 0.15) is 9.39 Å². The fourth-order valence-electron chi connectivity index (χ4n) is 1.30. The van der Waals surface area contributed by atoms with Crippen molar-refractivity contribution in [1.82, 2.24) is 9.97 Å². The molecule has 2 aromatic heterocycles. The summed E-state index contributed by atoms with van der Waals surface area (Å²) in [7, 11) is 0. The molecule has 1 atom stereocenters. The third-order valence-corrected chi connectivity index (χ3v) is 4.18. The van der Waals surface area contributed by atoms with Gasteiger partial charge in [-0.05, 0) is 41.0 Å². The number of hydrogen-bond donors (Lipinski definition) is 2. The summed E-state index contributed by atoms with van der Waals surface area (Å²) in [6, 6.07) is 4.22. The van der Waals surface area contributed by atoms with Crippen LogP contribution in [-0.4, -0.2) is 9.97 Å². The largest absolute Gasteiger partial charge is 0.362 e. The van der Waals surface area contributed by atoms with Crippen molar-refractivity contribution in [2.24, 2.45) is 0 Å². The predicted octanol–water partition coefficient (Wildman–Crippen LogP) is 2.61. The van der Waals surface area contributed by atoms with E-state index in [4.69, 9.17) is 0 Å². The van der Waals surface area contributed by atoms with Gasteiger partial charge in [0.2, 0.25) is 0 Å². The van der Waals surface area contributed by atoms with Crippen molar-refractivity contribution in [2.45, 2.75) is 13.0 Å². The average Bonchev–Trinajstić information content (AvgIpc) is 2.78. The van der Waals surface area contributed by atoms with Gasteiger partial charge in [-0.25, -0.2) is 4.98 Å². The van der Waals surface area contributed by atoms with Crippen LogP contribution in [-0.2, 0) is 0 Å². The topological polar surface area (TPSA) is 57.8 Å². The lowest BCUT2D eigenvalue weighted by Gasteiger charge is -2.13. The van der Waals surface area contributed by atoms with E-state index in [1.807, 2.05) is 41.0 Å². The molecule has 0 saturated carbocycles.